The highest BCUT2D eigenvalue weighted by molar-refractivity contribution is 9.10. The topological polar surface area (TPSA) is 78.4 Å². The van der Waals surface area contributed by atoms with Gasteiger partial charge in [0.25, 0.3) is 8.32 Å². The Balaban J connectivity index is 1.74. The van der Waals surface area contributed by atoms with Crippen molar-refractivity contribution < 1.29 is 14.5 Å². The Kier molecular flexibility index (Phi) is 8.12. The van der Waals surface area contributed by atoms with E-state index in [-0.39, 0.29) is 22.1 Å². The van der Waals surface area contributed by atoms with E-state index in [1.807, 2.05) is 34.9 Å². The molecule has 0 aliphatic rings. The molecule has 0 amide bonds. The second-order valence-electron chi connectivity index (χ2n) is 10.6. The maximum Gasteiger partial charge on any atom is 0.507 e. The standard InChI is InChI=1S/C29H32BBrN2O3Si/c1-21(19-33-27-17-22(31)15-16-25(27)26(18-32)28(33)30(34)35)20-36-37(29(2,3)4,23-11-7-5-8-12-23)24-13-9-6-10-14-24/h5-17,21,34-35H,19-20H2,1-4H3/t21-/m0/s1. The number of benzene rings is 3. The fraction of sp³-hybridized carbons (Fsp3) is 0.276. The molecule has 8 heteroatoms. The second-order valence-corrected chi connectivity index (χ2v) is 15.8. The first-order valence-corrected chi connectivity index (χ1v) is 15.1. The molecular formula is C29H32BBrN2O3Si. The van der Waals surface area contributed by atoms with Gasteiger partial charge in [0.15, 0.2) is 0 Å². The highest BCUT2D eigenvalue weighted by atomic mass is 79.9. The normalized spacial score (nSPS) is 12.9. The van der Waals surface area contributed by atoms with Crippen LogP contribution in [-0.4, -0.2) is 36.7 Å². The van der Waals surface area contributed by atoms with Gasteiger partial charge in [0, 0.05) is 23.0 Å². The predicted molar refractivity (Wildman–Crippen MR) is 157 cm³/mol. The molecule has 4 rings (SSSR count). The van der Waals surface area contributed by atoms with Gasteiger partial charge in [-0.1, -0.05) is 110 Å². The zero-order valence-electron chi connectivity index (χ0n) is 21.6. The Morgan fingerprint density at radius 1 is 1.00 bits per heavy atom. The van der Waals surface area contributed by atoms with Crippen LogP contribution in [0, 0.1) is 17.2 Å². The summed E-state index contributed by atoms with van der Waals surface area (Å²) in [4.78, 5) is 0. The summed E-state index contributed by atoms with van der Waals surface area (Å²) in [7, 11) is -4.46. The van der Waals surface area contributed by atoms with Gasteiger partial charge in [0.2, 0.25) is 0 Å². The van der Waals surface area contributed by atoms with Gasteiger partial charge in [-0.2, -0.15) is 5.26 Å². The van der Waals surface area contributed by atoms with Crippen molar-refractivity contribution in [2.24, 2.45) is 5.92 Å². The van der Waals surface area contributed by atoms with Gasteiger partial charge in [0.1, 0.15) is 6.07 Å². The summed E-state index contributed by atoms with van der Waals surface area (Å²) in [6.45, 7) is 9.80. The van der Waals surface area contributed by atoms with E-state index in [4.69, 9.17) is 4.43 Å². The van der Waals surface area contributed by atoms with Crippen molar-refractivity contribution in [3.05, 3.63) is 88.9 Å². The minimum absolute atomic E-state index is 0.0280. The SMILES string of the molecule is C[C@H](CO[Si](c1ccccc1)(c1ccccc1)C(C)(C)C)Cn1c(B(O)O)c(C#N)c2ccc(Br)cc21. The molecule has 0 aliphatic heterocycles. The lowest BCUT2D eigenvalue weighted by Crippen LogP contribution is -2.66. The average molecular weight is 575 g/mol. The van der Waals surface area contributed by atoms with E-state index in [9.17, 15) is 15.3 Å². The number of rotatable bonds is 8. The quantitative estimate of drug-likeness (QED) is 0.310. The van der Waals surface area contributed by atoms with Crippen LogP contribution >= 0.6 is 15.9 Å². The molecule has 0 spiro atoms. The summed E-state index contributed by atoms with van der Waals surface area (Å²) < 4.78 is 9.81. The molecule has 2 N–H and O–H groups in total. The van der Waals surface area contributed by atoms with Crippen LogP contribution < -0.4 is 16.0 Å². The van der Waals surface area contributed by atoms with E-state index < -0.39 is 15.4 Å². The summed E-state index contributed by atoms with van der Waals surface area (Å²) >= 11 is 3.52. The Labute approximate surface area is 228 Å². The lowest BCUT2D eigenvalue weighted by atomic mass is 9.82. The highest BCUT2D eigenvalue weighted by Gasteiger charge is 2.50. The highest BCUT2D eigenvalue weighted by Crippen LogP contribution is 2.37. The number of fused-ring (bicyclic) bond motifs is 1. The molecule has 0 radical (unpaired) electrons. The Bertz CT molecular complexity index is 1370. The maximum absolute atomic E-state index is 10.2. The molecule has 1 atom stereocenters. The minimum Gasteiger partial charge on any atom is -0.422 e. The zero-order valence-corrected chi connectivity index (χ0v) is 24.2. The van der Waals surface area contributed by atoms with E-state index in [0.29, 0.717) is 18.5 Å². The summed E-state index contributed by atoms with van der Waals surface area (Å²) in [5.41, 5.74) is 1.29. The third-order valence-electron chi connectivity index (χ3n) is 6.92. The smallest absolute Gasteiger partial charge is 0.422 e. The molecule has 37 heavy (non-hydrogen) atoms. The largest absolute Gasteiger partial charge is 0.507 e. The van der Waals surface area contributed by atoms with E-state index in [0.717, 1.165) is 9.99 Å². The average Bonchev–Trinajstić information content (AvgIpc) is 3.17. The monoisotopic (exact) mass is 574 g/mol. The van der Waals surface area contributed by atoms with Crippen LogP contribution in [0.3, 0.4) is 0 Å². The molecular weight excluding hydrogens is 543 g/mol. The molecule has 5 nitrogen and oxygen atoms in total. The first-order valence-electron chi connectivity index (χ1n) is 12.4. The number of aromatic nitrogens is 1. The van der Waals surface area contributed by atoms with Gasteiger partial charge in [-0.15, -0.1) is 0 Å². The van der Waals surface area contributed by atoms with Crippen LogP contribution in [0.25, 0.3) is 10.9 Å². The fourth-order valence-electron chi connectivity index (χ4n) is 5.32. The molecule has 3 aromatic carbocycles. The second kappa shape index (κ2) is 11.0. The van der Waals surface area contributed by atoms with Gasteiger partial charge in [0.05, 0.1) is 16.7 Å². The Morgan fingerprint density at radius 3 is 2.05 bits per heavy atom. The molecule has 0 saturated carbocycles. The summed E-state index contributed by atoms with van der Waals surface area (Å²) in [6.07, 6.45) is 0. The Hall–Kier alpha value is -2.67. The molecule has 0 unspecified atom stereocenters. The van der Waals surface area contributed by atoms with Gasteiger partial charge >= 0.3 is 7.12 Å². The number of nitrogens with zero attached hydrogens (tertiary/aromatic N) is 2. The molecule has 190 valence electrons. The van der Waals surface area contributed by atoms with E-state index in [2.05, 4.69) is 98.2 Å². The lowest BCUT2D eigenvalue weighted by Gasteiger charge is -2.43. The molecule has 0 aliphatic carbocycles. The van der Waals surface area contributed by atoms with Crippen molar-refractivity contribution in [1.29, 1.82) is 5.26 Å². The van der Waals surface area contributed by atoms with Crippen LogP contribution in [0.15, 0.2) is 83.3 Å². The van der Waals surface area contributed by atoms with Crippen molar-refractivity contribution in [1.82, 2.24) is 4.57 Å². The third kappa shape index (κ3) is 5.20. The first-order chi connectivity index (χ1) is 17.6. The zero-order chi connectivity index (χ0) is 26.8. The lowest BCUT2D eigenvalue weighted by molar-refractivity contribution is 0.232. The van der Waals surface area contributed by atoms with Gasteiger partial charge in [-0.05, 0) is 33.5 Å². The van der Waals surface area contributed by atoms with Gasteiger partial charge in [-0.3, -0.25) is 0 Å². The number of nitriles is 1. The van der Waals surface area contributed by atoms with Crippen LogP contribution in [0.1, 0.15) is 33.3 Å². The molecule has 0 fully saturated rings. The first kappa shape index (κ1) is 27.4. The number of hydrogen-bond donors (Lipinski definition) is 2. The molecule has 1 heterocycles. The molecule has 0 saturated heterocycles. The van der Waals surface area contributed by atoms with Gasteiger partial charge in [-0.25, -0.2) is 0 Å². The number of hydrogen-bond acceptors (Lipinski definition) is 4. The van der Waals surface area contributed by atoms with E-state index in [1.54, 1.807) is 0 Å². The third-order valence-corrected chi connectivity index (χ3v) is 12.4. The molecule has 1 aromatic heterocycles. The Morgan fingerprint density at radius 2 is 1.57 bits per heavy atom. The summed E-state index contributed by atoms with van der Waals surface area (Å²) in [6, 6.07) is 28.8. The van der Waals surface area contributed by atoms with Crippen molar-refractivity contribution in [3.63, 3.8) is 0 Å². The predicted octanol–water partition coefficient (Wildman–Crippen LogP) is 4.17. The fourth-order valence-corrected chi connectivity index (χ4v) is 10.4. The van der Waals surface area contributed by atoms with E-state index in [1.165, 1.54) is 10.4 Å². The van der Waals surface area contributed by atoms with Crippen molar-refractivity contribution in [2.75, 3.05) is 6.61 Å². The molecule has 4 aromatic rings. The van der Waals surface area contributed by atoms with Crippen LogP contribution in [-0.2, 0) is 11.0 Å². The van der Waals surface area contributed by atoms with Gasteiger partial charge < -0.3 is 19.0 Å². The number of halogens is 1. The van der Waals surface area contributed by atoms with Crippen molar-refractivity contribution in [3.8, 4) is 6.07 Å². The van der Waals surface area contributed by atoms with Crippen molar-refractivity contribution in [2.45, 2.75) is 39.3 Å². The molecule has 0 bridgehead atoms. The van der Waals surface area contributed by atoms with Crippen molar-refractivity contribution >= 4 is 58.2 Å². The maximum atomic E-state index is 10.2. The van der Waals surface area contributed by atoms with Crippen LogP contribution in [0.2, 0.25) is 5.04 Å². The summed E-state index contributed by atoms with van der Waals surface area (Å²) in [5.74, 6) is 0.0280. The summed E-state index contributed by atoms with van der Waals surface area (Å²) in [5, 5.41) is 33.2. The van der Waals surface area contributed by atoms with Crippen LogP contribution in [0.4, 0.5) is 0 Å². The van der Waals surface area contributed by atoms with E-state index >= 15 is 0 Å². The van der Waals surface area contributed by atoms with Crippen LogP contribution in [0.5, 0.6) is 0 Å². The minimum atomic E-state index is -2.70.